The zero-order valence-corrected chi connectivity index (χ0v) is 12.3. The van der Waals surface area contributed by atoms with Crippen LogP contribution in [0.15, 0.2) is 64.4 Å². The van der Waals surface area contributed by atoms with Crippen molar-refractivity contribution < 1.29 is 14.5 Å². The molecule has 1 N–H and O–H groups in total. The highest BCUT2D eigenvalue weighted by atomic mass is 16.6. The second kappa shape index (κ2) is 5.17. The first-order valence-corrected chi connectivity index (χ1v) is 7.03. The summed E-state index contributed by atoms with van der Waals surface area (Å²) in [6.45, 7) is 0. The first-order chi connectivity index (χ1) is 11.3. The Morgan fingerprint density at radius 2 is 2.09 bits per heavy atom. The molecule has 0 saturated carbocycles. The van der Waals surface area contributed by atoms with E-state index in [1.165, 1.54) is 0 Å². The van der Waals surface area contributed by atoms with Gasteiger partial charge in [-0.1, -0.05) is 17.3 Å². The Bertz CT molecular complexity index is 1080. The van der Waals surface area contributed by atoms with Gasteiger partial charge in [-0.15, -0.1) is 0 Å². The second-order valence-corrected chi connectivity index (χ2v) is 5.04. The number of benzene rings is 1. The summed E-state index contributed by atoms with van der Waals surface area (Å²) in [6.07, 6.45) is 3.54. The largest absolute Gasteiger partial charge is 0.454 e. The molecule has 4 rings (SSSR count). The van der Waals surface area contributed by atoms with Crippen LogP contribution in [0, 0.1) is 0 Å². The molecule has 23 heavy (non-hydrogen) atoms. The average molecular weight is 307 g/mol. The van der Waals surface area contributed by atoms with E-state index in [2.05, 4.69) is 10.1 Å². The van der Waals surface area contributed by atoms with Crippen LogP contribution in [0.2, 0.25) is 0 Å². The molecule has 6 heteroatoms. The predicted molar refractivity (Wildman–Crippen MR) is 84.8 cm³/mol. The van der Waals surface area contributed by atoms with E-state index in [1.807, 2.05) is 42.6 Å². The summed E-state index contributed by atoms with van der Waals surface area (Å²) in [5, 5.41) is 14.8. The van der Waals surface area contributed by atoms with Gasteiger partial charge in [0.25, 0.3) is 0 Å². The number of rotatable bonds is 2. The normalized spacial score (nSPS) is 12.1. The van der Waals surface area contributed by atoms with Crippen LogP contribution in [0.4, 0.5) is 0 Å². The lowest BCUT2D eigenvalue weighted by Crippen LogP contribution is -2.04. The summed E-state index contributed by atoms with van der Waals surface area (Å²) in [7, 11) is 1.60. The van der Waals surface area contributed by atoms with Gasteiger partial charge in [0.15, 0.2) is 5.76 Å². The Labute approximate surface area is 130 Å². The smallest absolute Gasteiger partial charge is 0.155 e. The van der Waals surface area contributed by atoms with Gasteiger partial charge >= 0.3 is 0 Å². The summed E-state index contributed by atoms with van der Waals surface area (Å²) >= 11 is 0. The SMILES string of the molecule is COn1ccc2cc(-c3c/c(=N\O)c4ccccc4o3)ncc21. The van der Waals surface area contributed by atoms with E-state index < -0.39 is 0 Å². The predicted octanol–water partition coefficient (Wildman–Crippen LogP) is 2.80. The highest BCUT2D eigenvalue weighted by molar-refractivity contribution is 5.83. The minimum atomic E-state index is 0.443. The number of hydrogen-bond donors (Lipinski definition) is 1. The zero-order chi connectivity index (χ0) is 15.8. The maximum atomic E-state index is 9.26. The first-order valence-electron chi connectivity index (χ1n) is 7.03. The van der Waals surface area contributed by atoms with Gasteiger partial charge in [-0.3, -0.25) is 4.98 Å². The number of fused-ring (bicyclic) bond motifs is 2. The van der Waals surface area contributed by atoms with E-state index in [-0.39, 0.29) is 0 Å². The fourth-order valence-corrected chi connectivity index (χ4v) is 2.63. The van der Waals surface area contributed by atoms with E-state index in [0.717, 1.165) is 16.3 Å². The molecule has 0 aliphatic rings. The second-order valence-electron chi connectivity index (χ2n) is 5.04. The molecular formula is C17H13N3O3. The lowest BCUT2D eigenvalue weighted by atomic mass is 10.2. The topological polar surface area (TPSA) is 72.8 Å². The minimum Gasteiger partial charge on any atom is -0.454 e. The molecule has 114 valence electrons. The maximum Gasteiger partial charge on any atom is 0.155 e. The molecule has 0 bridgehead atoms. The number of nitrogens with zero attached hydrogens (tertiary/aromatic N) is 3. The molecular weight excluding hydrogens is 294 g/mol. The molecule has 3 heterocycles. The fourth-order valence-electron chi connectivity index (χ4n) is 2.63. The van der Waals surface area contributed by atoms with Crippen LogP contribution < -0.4 is 10.2 Å². The van der Waals surface area contributed by atoms with Crippen molar-refractivity contribution in [3.8, 4) is 11.5 Å². The molecule has 3 aromatic heterocycles. The monoisotopic (exact) mass is 307 g/mol. The fraction of sp³-hybridized carbons (Fsp3) is 0.0588. The molecule has 0 saturated heterocycles. The Kier molecular flexibility index (Phi) is 3.01. The first kappa shape index (κ1) is 13.4. The van der Waals surface area contributed by atoms with Gasteiger partial charge in [-0.25, -0.2) is 0 Å². The highest BCUT2D eigenvalue weighted by Crippen LogP contribution is 2.24. The quantitative estimate of drug-likeness (QED) is 0.456. The lowest BCUT2D eigenvalue weighted by Gasteiger charge is -2.05. The number of aromatic nitrogens is 2. The van der Waals surface area contributed by atoms with Crippen LogP contribution in [-0.4, -0.2) is 22.0 Å². The van der Waals surface area contributed by atoms with E-state index in [1.54, 1.807) is 24.1 Å². The van der Waals surface area contributed by atoms with Gasteiger partial charge in [0.2, 0.25) is 0 Å². The van der Waals surface area contributed by atoms with E-state index in [9.17, 15) is 5.21 Å². The van der Waals surface area contributed by atoms with Crippen LogP contribution in [0.5, 0.6) is 0 Å². The van der Waals surface area contributed by atoms with Crippen LogP contribution >= 0.6 is 0 Å². The Balaban J connectivity index is 1.95. The molecule has 6 nitrogen and oxygen atoms in total. The van der Waals surface area contributed by atoms with Crippen molar-refractivity contribution >= 4 is 21.9 Å². The van der Waals surface area contributed by atoms with Crippen LogP contribution in [0.25, 0.3) is 33.3 Å². The molecule has 0 atom stereocenters. The highest BCUT2D eigenvalue weighted by Gasteiger charge is 2.09. The van der Waals surface area contributed by atoms with Crippen molar-refractivity contribution in [1.82, 2.24) is 9.71 Å². The molecule has 0 fully saturated rings. The molecule has 4 aromatic rings. The molecule has 0 aliphatic heterocycles. The van der Waals surface area contributed by atoms with Crippen molar-refractivity contribution in [2.45, 2.75) is 0 Å². The number of hydrogen-bond acceptors (Lipinski definition) is 5. The molecule has 1 aromatic carbocycles. The molecule has 0 unspecified atom stereocenters. The van der Waals surface area contributed by atoms with Crippen LogP contribution in [0.1, 0.15) is 0 Å². The zero-order valence-electron chi connectivity index (χ0n) is 12.3. The standard InChI is InChI=1S/C17H13N3O3/c1-22-20-7-6-11-8-14(18-10-15(11)20)17-9-13(19-21)12-4-2-3-5-16(12)23-17/h2-10,21H,1H3/b19-13+. The number of pyridine rings is 1. The minimum absolute atomic E-state index is 0.443. The van der Waals surface area contributed by atoms with Crippen molar-refractivity contribution in [2.75, 3.05) is 7.11 Å². The summed E-state index contributed by atoms with van der Waals surface area (Å²) in [6, 6.07) is 12.9. The van der Waals surface area contributed by atoms with Crippen LogP contribution in [-0.2, 0) is 0 Å². The van der Waals surface area contributed by atoms with Crippen molar-refractivity contribution in [2.24, 2.45) is 5.16 Å². The molecule has 0 spiro atoms. The summed E-state index contributed by atoms with van der Waals surface area (Å²) < 4.78 is 7.54. The Hall–Kier alpha value is -3.28. The van der Waals surface area contributed by atoms with Crippen molar-refractivity contribution in [1.29, 1.82) is 0 Å². The van der Waals surface area contributed by atoms with Crippen LogP contribution in [0.3, 0.4) is 0 Å². The average Bonchev–Trinajstić information content (AvgIpc) is 3.03. The van der Waals surface area contributed by atoms with Gasteiger partial charge in [-0.05, 0) is 24.3 Å². The Morgan fingerprint density at radius 1 is 1.22 bits per heavy atom. The molecule has 0 amide bonds. The number of para-hydroxylation sites is 1. The Morgan fingerprint density at radius 3 is 2.91 bits per heavy atom. The van der Waals surface area contributed by atoms with E-state index in [4.69, 9.17) is 9.25 Å². The van der Waals surface area contributed by atoms with E-state index in [0.29, 0.717) is 22.4 Å². The summed E-state index contributed by atoms with van der Waals surface area (Å²) in [5.74, 6) is 0.531. The maximum absolute atomic E-state index is 9.26. The third-order valence-electron chi connectivity index (χ3n) is 3.75. The van der Waals surface area contributed by atoms with Gasteiger partial charge in [0, 0.05) is 23.0 Å². The summed E-state index contributed by atoms with van der Waals surface area (Å²) in [5.41, 5.74) is 2.15. The van der Waals surface area contributed by atoms with Gasteiger partial charge < -0.3 is 14.5 Å². The lowest BCUT2D eigenvalue weighted by molar-refractivity contribution is 0.179. The van der Waals surface area contributed by atoms with Crippen molar-refractivity contribution in [3.63, 3.8) is 0 Å². The van der Waals surface area contributed by atoms with Crippen molar-refractivity contribution in [3.05, 3.63) is 60.2 Å². The van der Waals surface area contributed by atoms with Gasteiger partial charge in [0.05, 0.1) is 6.20 Å². The van der Waals surface area contributed by atoms with E-state index >= 15 is 0 Å². The van der Waals surface area contributed by atoms with Gasteiger partial charge in [-0.2, -0.15) is 4.73 Å². The van der Waals surface area contributed by atoms with Gasteiger partial charge in [0.1, 0.15) is 29.3 Å². The molecule has 0 radical (unpaired) electrons. The molecule has 0 aliphatic carbocycles. The summed E-state index contributed by atoms with van der Waals surface area (Å²) in [4.78, 5) is 9.63. The third kappa shape index (κ3) is 2.12. The third-order valence-corrected chi connectivity index (χ3v) is 3.75.